The van der Waals surface area contributed by atoms with E-state index in [-0.39, 0.29) is 5.91 Å². The number of carbonyl (C=O) groups is 1. The van der Waals surface area contributed by atoms with Crippen molar-refractivity contribution in [1.82, 2.24) is 9.80 Å². The van der Waals surface area contributed by atoms with Gasteiger partial charge in [0, 0.05) is 44.6 Å². The molecule has 0 bridgehead atoms. The Labute approximate surface area is 169 Å². The van der Waals surface area contributed by atoms with Crippen LogP contribution in [0.4, 0.5) is 5.69 Å². The molecule has 2 rings (SSSR count). The Balaban J connectivity index is 1.88. The monoisotopic (exact) mass is 380 g/mol. The number of hydrogen-bond acceptors (Lipinski definition) is 3. The number of rotatable bonds is 8. The Hall–Kier alpha value is -2.82. The van der Waals surface area contributed by atoms with Gasteiger partial charge in [-0.05, 0) is 38.0 Å². The SMILES string of the molecule is CC\C=C/C=C\C=C\N=CN1CCCN(C(=O)c2ccccc2NCC)CC1. The first-order valence-electron chi connectivity index (χ1n) is 10.1. The van der Waals surface area contributed by atoms with E-state index in [0.29, 0.717) is 6.54 Å². The first-order valence-corrected chi connectivity index (χ1v) is 10.1. The van der Waals surface area contributed by atoms with Crippen LogP contribution in [-0.2, 0) is 0 Å². The van der Waals surface area contributed by atoms with Crippen LogP contribution in [0.25, 0.3) is 0 Å². The molecule has 1 saturated heterocycles. The first-order chi connectivity index (χ1) is 13.8. The van der Waals surface area contributed by atoms with Gasteiger partial charge >= 0.3 is 0 Å². The average molecular weight is 381 g/mol. The van der Waals surface area contributed by atoms with Crippen molar-refractivity contribution in [2.75, 3.05) is 38.0 Å². The van der Waals surface area contributed by atoms with Crippen LogP contribution in [0.2, 0.25) is 0 Å². The predicted molar refractivity (Wildman–Crippen MR) is 119 cm³/mol. The van der Waals surface area contributed by atoms with Gasteiger partial charge in [0.1, 0.15) is 0 Å². The zero-order chi connectivity index (χ0) is 20.0. The summed E-state index contributed by atoms with van der Waals surface area (Å²) in [5.41, 5.74) is 1.66. The Bertz CT molecular complexity index is 721. The molecule has 0 spiro atoms. The van der Waals surface area contributed by atoms with Crippen LogP contribution in [0.3, 0.4) is 0 Å². The Kier molecular flexibility index (Phi) is 9.62. The molecule has 0 atom stereocenters. The van der Waals surface area contributed by atoms with Crippen molar-refractivity contribution in [1.29, 1.82) is 0 Å². The number of anilines is 1. The van der Waals surface area contributed by atoms with Crippen molar-refractivity contribution >= 4 is 17.9 Å². The lowest BCUT2D eigenvalue weighted by Crippen LogP contribution is -2.35. The van der Waals surface area contributed by atoms with Gasteiger partial charge < -0.3 is 15.1 Å². The fourth-order valence-electron chi connectivity index (χ4n) is 3.02. The standard InChI is InChI=1S/C23H32N4O/c1-3-5-6-7-8-11-15-24-20-26-16-12-17-27(19-18-26)23(28)21-13-9-10-14-22(21)25-4-2/h5-11,13-15,20,25H,3-4,12,16-19H2,1-2H3/b6-5-,8-7-,15-11+,24-20?. The molecule has 1 aromatic carbocycles. The summed E-state index contributed by atoms with van der Waals surface area (Å²) in [6, 6.07) is 7.74. The summed E-state index contributed by atoms with van der Waals surface area (Å²) in [7, 11) is 0. The number of aliphatic imine (C=N–C) groups is 1. The summed E-state index contributed by atoms with van der Waals surface area (Å²) < 4.78 is 0. The Morgan fingerprint density at radius 3 is 2.71 bits per heavy atom. The molecule has 150 valence electrons. The fraction of sp³-hybridized carbons (Fsp3) is 0.391. The zero-order valence-corrected chi connectivity index (χ0v) is 17.1. The van der Waals surface area contributed by atoms with Gasteiger partial charge in [-0.1, -0.05) is 43.4 Å². The number of hydrogen-bond donors (Lipinski definition) is 1. The van der Waals surface area contributed by atoms with Crippen LogP contribution in [-0.4, -0.2) is 54.8 Å². The Morgan fingerprint density at radius 1 is 1.07 bits per heavy atom. The predicted octanol–water partition coefficient (Wildman–Crippen LogP) is 4.33. The molecule has 1 amide bonds. The van der Waals surface area contributed by atoms with Crippen molar-refractivity contribution in [2.24, 2.45) is 4.99 Å². The maximum absolute atomic E-state index is 13.0. The lowest BCUT2D eigenvalue weighted by Gasteiger charge is -2.22. The molecular formula is C23H32N4O. The van der Waals surface area contributed by atoms with Crippen molar-refractivity contribution < 1.29 is 4.79 Å². The largest absolute Gasteiger partial charge is 0.385 e. The van der Waals surface area contributed by atoms with Crippen LogP contribution in [0.1, 0.15) is 37.0 Å². The van der Waals surface area contributed by atoms with E-state index >= 15 is 0 Å². The topological polar surface area (TPSA) is 47.9 Å². The van der Waals surface area contributed by atoms with Gasteiger partial charge in [-0.3, -0.25) is 4.79 Å². The van der Waals surface area contributed by atoms with E-state index in [1.54, 1.807) is 6.20 Å². The first kappa shape index (κ1) is 21.5. The molecule has 5 nitrogen and oxygen atoms in total. The van der Waals surface area contributed by atoms with Crippen LogP contribution < -0.4 is 5.32 Å². The van der Waals surface area contributed by atoms with Crippen molar-refractivity contribution in [2.45, 2.75) is 26.7 Å². The zero-order valence-electron chi connectivity index (χ0n) is 17.1. The maximum Gasteiger partial charge on any atom is 0.256 e. The minimum atomic E-state index is 0.0977. The number of nitrogens with one attached hydrogen (secondary N) is 1. The molecule has 1 aliphatic rings. The minimum absolute atomic E-state index is 0.0977. The van der Waals surface area contributed by atoms with Gasteiger partial charge in [0.05, 0.1) is 11.9 Å². The van der Waals surface area contributed by atoms with E-state index < -0.39 is 0 Å². The number of allylic oxidation sites excluding steroid dienone is 5. The fourth-order valence-corrected chi connectivity index (χ4v) is 3.02. The molecule has 5 heteroatoms. The van der Waals surface area contributed by atoms with Gasteiger partial charge in [-0.25, -0.2) is 4.99 Å². The highest BCUT2D eigenvalue weighted by Gasteiger charge is 2.21. The van der Waals surface area contributed by atoms with Crippen LogP contribution >= 0.6 is 0 Å². The smallest absolute Gasteiger partial charge is 0.256 e. The highest BCUT2D eigenvalue weighted by atomic mass is 16.2. The molecule has 0 saturated carbocycles. The molecule has 1 aliphatic heterocycles. The molecule has 0 aliphatic carbocycles. The van der Waals surface area contributed by atoms with E-state index in [1.165, 1.54) is 0 Å². The molecule has 0 aromatic heterocycles. The molecule has 1 heterocycles. The maximum atomic E-state index is 13.0. The lowest BCUT2D eigenvalue weighted by atomic mass is 10.1. The van der Waals surface area contributed by atoms with Crippen LogP contribution in [0.5, 0.6) is 0 Å². The molecule has 28 heavy (non-hydrogen) atoms. The number of para-hydroxylation sites is 1. The second kappa shape index (κ2) is 12.5. The van der Waals surface area contributed by atoms with E-state index in [0.717, 1.165) is 50.3 Å². The summed E-state index contributed by atoms with van der Waals surface area (Å²) >= 11 is 0. The van der Waals surface area contributed by atoms with Gasteiger partial charge in [-0.2, -0.15) is 0 Å². The minimum Gasteiger partial charge on any atom is -0.385 e. The van der Waals surface area contributed by atoms with Gasteiger partial charge in [0.2, 0.25) is 0 Å². The second-order valence-corrected chi connectivity index (χ2v) is 6.59. The van der Waals surface area contributed by atoms with Crippen LogP contribution in [0.15, 0.2) is 65.8 Å². The summed E-state index contributed by atoms with van der Waals surface area (Å²) in [6.07, 6.45) is 15.7. The Morgan fingerprint density at radius 2 is 1.89 bits per heavy atom. The third-order valence-electron chi connectivity index (χ3n) is 4.45. The molecule has 1 fully saturated rings. The summed E-state index contributed by atoms with van der Waals surface area (Å²) in [6.45, 7) is 8.12. The number of amides is 1. The van der Waals surface area contributed by atoms with Gasteiger partial charge in [0.15, 0.2) is 0 Å². The number of benzene rings is 1. The normalized spacial score (nSPS) is 15.9. The number of nitrogens with zero attached hydrogens (tertiary/aromatic N) is 3. The molecular weight excluding hydrogens is 348 g/mol. The average Bonchev–Trinajstić information content (AvgIpc) is 2.96. The van der Waals surface area contributed by atoms with E-state index in [2.05, 4.69) is 28.2 Å². The highest BCUT2D eigenvalue weighted by Crippen LogP contribution is 2.18. The summed E-state index contributed by atoms with van der Waals surface area (Å²) in [5.74, 6) is 0.0977. The van der Waals surface area contributed by atoms with Crippen molar-refractivity contribution in [3.63, 3.8) is 0 Å². The molecule has 1 aromatic rings. The second-order valence-electron chi connectivity index (χ2n) is 6.59. The van der Waals surface area contributed by atoms with Crippen LogP contribution in [0, 0.1) is 0 Å². The molecule has 0 radical (unpaired) electrons. The van der Waals surface area contributed by atoms with E-state index in [1.807, 2.05) is 66.7 Å². The summed E-state index contributed by atoms with van der Waals surface area (Å²) in [4.78, 5) is 21.4. The third kappa shape index (κ3) is 7.06. The van der Waals surface area contributed by atoms with Crippen molar-refractivity contribution in [3.8, 4) is 0 Å². The van der Waals surface area contributed by atoms with E-state index in [4.69, 9.17) is 0 Å². The van der Waals surface area contributed by atoms with Crippen molar-refractivity contribution in [3.05, 3.63) is 66.4 Å². The van der Waals surface area contributed by atoms with Gasteiger partial charge in [-0.15, -0.1) is 0 Å². The van der Waals surface area contributed by atoms with Gasteiger partial charge in [0.25, 0.3) is 5.91 Å². The molecule has 1 N–H and O–H groups in total. The lowest BCUT2D eigenvalue weighted by molar-refractivity contribution is 0.0765. The third-order valence-corrected chi connectivity index (χ3v) is 4.45. The molecule has 0 unspecified atom stereocenters. The number of carbonyl (C=O) groups excluding carboxylic acids is 1. The highest BCUT2D eigenvalue weighted by molar-refractivity contribution is 5.99. The quantitative estimate of drug-likeness (QED) is 0.415. The van der Waals surface area contributed by atoms with E-state index in [9.17, 15) is 4.79 Å². The summed E-state index contributed by atoms with van der Waals surface area (Å²) in [5, 5.41) is 3.28.